The Kier molecular flexibility index (Phi) is 5.74. The Labute approximate surface area is 166 Å². The van der Waals surface area contributed by atoms with Crippen LogP contribution in [0.15, 0.2) is 6.07 Å². The molecular weight excluding hydrogens is 379 g/mol. The summed E-state index contributed by atoms with van der Waals surface area (Å²) in [4.78, 5) is 14.6. The van der Waals surface area contributed by atoms with Crippen molar-refractivity contribution in [3.8, 4) is 0 Å². The zero-order valence-electron chi connectivity index (χ0n) is 16.3. The molecule has 1 fully saturated rings. The van der Waals surface area contributed by atoms with E-state index in [4.69, 9.17) is 0 Å². The van der Waals surface area contributed by atoms with Crippen LogP contribution in [0.3, 0.4) is 0 Å². The highest BCUT2D eigenvalue weighted by Crippen LogP contribution is 2.38. The van der Waals surface area contributed by atoms with E-state index in [0.717, 1.165) is 57.2 Å². The van der Waals surface area contributed by atoms with E-state index in [-0.39, 0.29) is 6.54 Å². The predicted octanol–water partition coefficient (Wildman–Crippen LogP) is 2.45. The van der Waals surface area contributed by atoms with Crippen LogP contribution in [0.1, 0.15) is 47.9 Å². The van der Waals surface area contributed by atoms with Crippen molar-refractivity contribution in [1.29, 1.82) is 0 Å². The quantitative estimate of drug-likeness (QED) is 0.785. The number of anilines is 1. The van der Waals surface area contributed by atoms with Crippen molar-refractivity contribution < 1.29 is 17.6 Å². The molecule has 3 aliphatic rings. The van der Waals surface area contributed by atoms with E-state index in [1.807, 2.05) is 4.90 Å². The molecule has 0 saturated carbocycles. The zero-order valence-corrected chi connectivity index (χ0v) is 17.1. The summed E-state index contributed by atoms with van der Waals surface area (Å²) in [6.07, 6.45) is 7.43. The standard InChI is InChI=1S/C21H29FN2O3S/c22-9-11-24-10-3-6-17(13-24)28(26,27)14-20(25)23-21-18-7-1-4-15(18)12-16-5-2-8-19(16)21/h12,17H,1-11,13-14H2,(H,23,25). The first-order chi connectivity index (χ1) is 13.5. The SMILES string of the molecule is O=C(CS(=O)(=O)C1CCCN(CCF)C1)Nc1c2c(cc3c1CCC3)CCC2. The number of aryl methyl sites for hydroxylation is 2. The highest BCUT2D eigenvalue weighted by atomic mass is 32.2. The lowest BCUT2D eigenvalue weighted by atomic mass is 9.98. The summed E-state index contributed by atoms with van der Waals surface area (Å²) in [5.41, 5.74) is 5.93. The molecule has 0 radical (unpaired) electrons. The lowest BCUT2D eigenvalue weighted by molar-refractivity contribution is -0.113. The molecule has 1 heterocycles. The van der Waals surface area contributed by atoms with Gasteiger partial charge in [0.2, 0.25) is 5.91 Å². The van der Waals surface area contributed by atoms with Crippen LogP contribution in [-0.4, -0.2) is 56.5 Å². The van der Waals surface area contributed by atoms with Gasteiger partial charge in [0.1, 0.15) is 12.4 Å². The lowest BCUT2D eigenvalue weighted by Crippen LogP contribution is -2.45. The Morgan fingerprint density at radius 2 is 1.79 bits per heavy atom. The van der Waals surface area contributed by atoms with Gasteiger partial charge in [0.25, 0.3) is 0 Å². The largest absolute Gasteiger partial charge is 0.325 e. The molecule has 1 atom stereocenters. The first-order valence-corrected chi connectivity index (χ1v) is 12.2. The molecule has 0 spiro atoms. The first kappa shape index (κ1) is 19.8. The number of sulfone groups is 1. The summed E-state index contributed by atoms with van der Waals surface area (Å²) in [6.45, 7) is 0.845. The second-order valence-electron chi connectivity index (χ2n) is 8.34. The van der Waals surface area contributed by atoms with Crippen molar-refractivity contribution in [2.24, 2.45) is 0 Å². The van der Waals surface area contributed by atoms with Crippen molar-refractivity contribution >= 4 is 21.4 Å². The molecule has 28 heavy (non-hydrogen) atoms. The third-order valence-corrected chi connectivity index (χ3v) is 8.51. The van der Waals surface area contributed by atoms with Crippen LogP contribution in [0.25, 0.3) is 0 Å². The summed E-state index contributed by atoms with van der Waals surface area (Å²) < 4.78 is 38.3. The van der Waals surface area contributed by atoms with Gasteiger partial charge in [-0.3, -0.25) is 9.69 Å². The Hall–Kier alpha value is -1.47. The fourth-order valence-corrected chi connectivity index (χ4v) is 6.71. The van der Waals surface area contributed by atoms with Crippen LogP contribution < -0.4 is 5.32 Å². The molecule has 154 valence electrons. The Morgan fingerprint density at radius 1 is 1.11 bits per heavy atom. The Balaban J connectivity index is 1.48. The number of likely N-dealkylation sites (tertiary alicyclic amines) is 1. The van der Waals surface area contributed by atoms with Crippen LogP contribution in [-0.2, 0) is 40.3 Å². The van der Waals surface area contributed by atoms with Gasteiger partial charge in [0.15, 0.2) is 9.84 Å². The van der Waals surface area contributed by atoms with Crippen molar-refractivity contribution in [2.75, 3.05) is 37.4 Å². The second kappa shape index (κ2) is 8.11. The zero-order chi connectivity index (χ0) is 19.7. The van der Waals surface area contributed by atoms with E-state index in [9.17, 15) is 17.6 Å². The molecular formula is C21H29FN2O3S. The molecule has 1 aromatic rings. The third kappa shape index (κ3) is 3.96. The normalized spacial score (nSPS) is 22.1. The van der Waals surface area contributed by atoms with Gasteiger partial charge in [-0.25, -0.2) is 12.8 Å². The number of alkyl halides is 1. The van der Waals surface area contributed by atoms with E-state index < -0.39 is 33.4 Å². The van der Waals surface area contributed by atoms with Crippen molar-refractivity contribution in [3.05, 3.63) is 28.3 Å². The van der Waals surface area contributed by atoms with E-state index in [1.54, 1.807) is 0 Å². The second-order valence-corrected chi connectivity index (χ2v) is 10.6. The van der Waals surface area contributed by atoms with Gasteiger partial charge in [-0.15, -0.1) is 0 Å². The van der Waals surface area contributed by atoms with E-state index in [1.165, 1.54) is 22.3 Å². The molecule has 4 rings (SSSR count). The maximum absolute atomic E-state index is 12.8. The Bertz CT molecular complexity index is 835. The molecule has 2 aliphatic carbocycles. The summed E-state index contributed by atoms with van der Waals surface area (Å²) in [5.74, 6) is -0.920. The average molecular weight is 409 g/mol. The number of hydrogen-bond donors (Lipinski definition) is 1. The smallest absolute Gasteiger partial charge is 0.239 e. The number of carbonyl (C=O) groups excluding carboxylic acids is 1. The van der Waals surface area contributed by atoms with E-state index in [2.05, 4.69) is 11.4 Å². The van der Waals surface area contributed by atoms with Gasteiger partial charge in [-0.05, 0) is 80.2 Å². The topological polar surface area (TPSA) is 66.5 Å². The summed E-state index contributed by atoms with van der Waals surface area (Å²) in [7, 11) is -3.56. The van der Waals surface area contributed by atoms with Gasteiger partial charge in [-0.1, -0.05) is 6.07 Å². The molecule has 1 aliphatic heterocycles. The van der Waals surface area contributed by atoms with Crippen molar-refractivity contribution in [2.45, 2.75) is 56.6 Å². The Morgan fingerprint density at radius 3 is 2.43 bits per heavy atom. The summed E-state index contributed by atoms with van der Waals surface area (Å²) in [5, 5.41) is 2.40. The number of nitrogens with one attached hydrogen (secondary N) is 1. The van der Waals surface area contributed by atoms with Crippen molar-refractivity contribution in [3.63, 3.8) is 0 Å². The van der Waals surface area contributed by atoms with Gasteiger partial charge in [0.05, 0.1) is 5.25 Å². The molecule has 1 saturated heterocycles. The monoisotopic (exact) mass is 408 g/mol. The number of amides is 1. The number of halogens is 1. The predicted molar refractivity (Wildman–Crippen MR) is 108 cm³/mol. The van der Waals surface area contributed by atoms with Crippen LogP contribution in [0.5, 0.6) is 0 Å². The summed E-state index contributed by atoms with van der Waals surface area (Å²) in [6, 6.07) is 2.29. The van der Waals surface area contributed by atoms with Gasteiger partial charge in [0, 0.05) is 18.8 Å². The fourth-order valence-electron chi connectivity index (χ4n) is 5.07. The molecule has 1 amide bonds. The lowest BCUT2D eigenvalue weighted by Gasteiger charge is -2.31. The fraction of sp³-hybridized carbons (Fsp3) is 0.667. The summed E-state index contributed by atoms with van der Waals surface area (Å²) >= 11 is 0. The van der Waals surface area contributed by atoms with Gasteiger partial charge >= 0.3 is 0 Å². The number of piperidine rings is 1. The average Bonchev–Trinajstić information content (AvgIpc) is 3.30. The minimum atomic E-state index is -3.56. The molecule has 1 aromatic carbocycles. The van der Waals surface area contributed by atoms with Gasteiger partial charge in [-0.2, -0.15) is 0 Å². The number of nitrogens with zero attached hydrogens (tertiary/aromatic N) is 1. The molecule has 1 unspecified atom stereocenters. The van der Waals surface area contributed by atoms with E-state index >= 15 is 0 Å². The highest BCUT2D eigenvalue weighted by Gasteiger charge is 2.33. The molecule has 1 N–H and O–H groups in total. The maximum atomic E-state index is 12.8. The number of rotatable bonds is 6. The first-order valence-electron chi connectivity index (χ1n) is 10.4. The minimum Gasteiger partial charge on any atom is -0.325 e. The van der Waals surface area contributed by atoms with Crippen LogP contribution >= 0.6 is 0 Å². The maximum Gasteiger partial charge on any atom is 0.239 e. The number of benzene rings is 1. The number of carbonyl (C=O) groups is 1. The number of fused-ring (bicyclic) bond motifs is 2. The third-order valence-electron chi connectivity index (χ3n) is 6.44. The van der Waals surface area contributed by atoms with E-state index in [0.29, 0.717) is 13.0 Å². The van der Waals surface area contributed by atoms with Crippen LogP contribution in [0.2, 0.25) is 0 Å². The molecule has 0 bridgehead atoms. The minimum absolute atomic E-state index is 0.264. The highest BCUT2D eigenvalue weighted by molar-refractivity contribution is 7.92. The van der Waals surface area contributed by atoms with Crippen molar-refractivity contribution in [1.82, 2.24) is 4.90 Å². The molecule has 0 aromatic heterocycles. The van der Waals surface area contributed by atoms with Gasteiger partial charge < -0.3 is 5.32 Å². The molecule has 7 heteroatoms. The number of hydrogen-bond acceptors (Lipinski definition) is 4. The van der Waals surface area contributed by atoms with Crippen LogP contribution in [0, 0.1) is 0 Å². The molecule has 5 nitrogen and oxygen atoms in total. The van der Waals surface area contributed by atoms with Crippen LogP contribution in [0.4, 0.5) is 10.1 Å².